The quantitative estimate of drug-likeness (QED) is 0.560. The van der Waals surface area contributed by atoms with Gasteiger partial charge in [-0.3, -0.25) is 4.79 Å². The Hall–Kier alpha value is -2.38. The number of nitrogens with one attached hydrogen (secondary N) is 1. The topological polar surface area (TPSA) is 80.1 Å². The highest BCUT2D eigenvalue weighted by molar-refractivity contribution is 9.10. The van der Waals surface area contributed by atoms with Crippen LogP contribution in [-0.4, -0.2) is 30.9 Å². The average molecular weight is 393 g/mol. The highest BCUT2D eigenvalue weighted by Crippen LogP contribution is 2.27. The van der Waals surface area contributed by atoms with Crippen LogP contribution in [0, 0.1) is 0 Å². The number of aliphatic hydroxyl groups excluding tert-OH is 1. The van der Waals surface area contributed by atoms with Crippen molar-refractivity contribution in [1.29, 1.82) is 0 Å². The first-order valence-corrected chi connectivity index (χ1v) is 7.90. The van der Waals surface area contributed by atoms with Crippen molar-refractivity contribution in [2.45, 2.75) is 6.61 Å². The van der Waals surface area contributed by atoms with E-state index in [0.29, 0.717) is 17.1 Å². The fourth-order valence-corrected chi connectivity index (χ4v) is 2.25. The first kappa shape index (κ1) is 18.0. The molecule has 0 radical (unpaired) electrons. The van der Waals surface area contributed by atoms with Crippen molar-refractivity contribution < 1.29 is 19.4 Å². The van der Waals surface area contributed by atoms with Crippen LogP contribution in [0.2, 0.25) is 0 Å². The van der Waals surface area contributed by atoms with E-state index in [1.54, 1.807) is 24.4 Å². The molecule has 0 aliphatic heterocycles. The molecule has 0 atom stereocenters. The average Bonchev–Trinajstić information content (AvgIpc) is 2.61. The molecule has 0 fully saturated rings. The second kappa shape index (κ2) is 9.05. The van der Waals surface area contributed by atoms with E-state index in [1.165, 1.54) is 7.11 Å². The Kier molecular flexibility index (Phi) is 6.77. The lowest BCUT2D eigenvalue weighted by Crippen LogP contribution is -2.24. The van der Waals surface area contributed by atoms with Gasteiger partial charge in [0.05, 0.1) is 19.9 Å². The number of methoxy groups -OCH3 is 1. The van der Waals surface area contributed by atoms with Crippen molar-refractivity contribution in [3.63, 3.8) is 0 Å². The molecule has 0 saturated carbocycles. The number of carbonyl (C=O) groups excluding carboxylic acids is 1. The second-order valence-electron chi connectivity index (χ2n) is 4.75. The fraction of sp³-hybridized carbons (Fsp3) is 0.176. The normalized spacial score (nSPS) is 10.6. The summed E-state index contributed by atoms with van der Waals surface area (Å²) in [4.78, 5) is 11.8. The zero-order chi connectivity index (χ0) is 17.4. The summed E-state index contributed by atoms with van der Waals surface area (Å²) in [6.07, 6.45) is 1.54. The predicted octanol–water partition coefficient (Wildman–Crippen LogP) is 2.48. The molecule has 7 heteroatoms. The smallest absolute Gasteiger partial charge is 0.277 e. The number of nitrogens with zero attached hydrogens (tertiary/aromatic N) is 1. The maximum atomic E-state index is 11.8. The van der Waals surface area contributed by atoms with Crippen LogP contribution in [0.25, 0.3) is 0 Å². The SMILES string of the molecule is COc1cc(CO)ccc1OCC(=O)NN=Cc1ccccc1Br. The maximum absolute atomic E-state index is 11.8. The second-order valence-corrected chi connectivity index (χ2v) is 5.60. The van der Waals surface area contributed by atoms with E-state index in [2.05, 4.69) is 26.5 Å². The largest absolute Gasteiger partial charge is 0.493 e. The number of halogens is 1. The van der Waals surface area contributed by atoms with Gasteiger partial charge in [-0.25, -0.2) is 5.43 Å². The molecule has 0 aliphatic rings. The van der Waals surface area contributed by atoms with Crippen LogP contribution in [0.3, 0.4) is 0 Å². The third-order valence-corrected chi connectivity index (χ3v) is 3.79. The van der Waals surface area contributed by atoms with Crippen molar-refractivity contribution in [3.05, 3.63) is 58.1 Å². The van der Waals surface area contributed by atoms with E-state index < -0.39 is 5.91 Å². The van der Waals surface area contributed by atoms with Gasteiger partial charge in [0, 0.05) is 10.0 Å². The summed E-state index contributed by atoms with van der Waals surface area (Å²) in [5.74, 6) is 0.470. The molecule has 0 bridgehead atoms. The number of aliphatic hydroxyl groups is 1. The van der Waals surface area contributed by atoms with E-state index in [4.69, 9.17) is 14.6 Å². The zero-order valence-electron chi connectivity index (χ0n) is 13.0. The minimum Gasteiger partial charge on any atom is -0.493 e. The number of hydrogen-bond acceptors (Lipinski definition) is 5. The van der Waals surface area contributed by atoms with Gasteiger partial charge in [0.15, 0.2) is 18.1 Å². The molecule has 2 rings (SSSR count). The van der Waals surface area contributed by atoms with Crippen LogP contribution in [-0.2, 0) is 11.4 Å². The Bertz CT molecular complexity index is 734. The van der Waals surface area contributed by atoms with Crippen LogP contribution < -0.4 is 14.9 Å². The number of hydrazone groups is 1. The van der Waals surface area contributed by atoms with Gasteiger partial charge in [0.2, 0.25) is 0 Å². The summed E-state index contributed by atoms with van der Waals surface area (Å²) in [5, 5.41) is 13.0. The number of rotatable bonds is 7. The van der Waals surface area contributed by atoms with Gasteiger partial charge in [0.1, 0.15) is 0 Å². The van der Waals surface area contributed by atoms with Crippen molar-refractivity contribution in [2.75, 3.05) is 13.7 Å². The Balaban J connectivity index is 1.88. The monoisotopic (exact) mass is 392 g/mol. The number of ether oxygens (including phenoxy) is 2. The summed E-state index contributed by atoms with van der Waals surface area (Å²) in [7, 11) is 1.49. The molecule has 126 valence electrons. The Morgan fingerprint density at radius 1 is 1.29 bits per heavy atom. The molecular formula is C17H17BrN2O4. The lowest BCUT2D eigenvalue weighted by Gasteiger charge is -2.10. The van der Waals surface area contributed by atoms with Crippen LogP contribution in [0.1, 0.15) is 11.1 Å². The van der Waals surface area contributed by atoms with Crippen molar-refractivity contribution in [3.8, 4) is 11.5 Å². The molecule has 0 unspecified atom stereocenters. The molecule has 2 N–H and O–H groups in total. The lowest BCUT2D eigenvalue weighted by molar-refractivity contribution is -0.123. The predicted molar refractivity (Wildman–Crippen MR) is 94.3 cm³/mol. The Labute approximate surface area is 148 Å². The Morgan fingerprint density at radius 2 is 2.08 bits per heavy atom. The van der Waals surface area contributed by atoms with Crippen molar-refractivity contribution >= 4 is 28.1 Å². The van der Waals surface area contributed by atoms with Gasteiger partial charge < -0.3 is 14.6 Å². The third kappa shape index (κ3) is 5.07. The van der Waals surface area contributed by atoms with Gasteiger partial charge in [-0.2, -0.15) is 5.10 Å². The molecular weight excluding hydrogens is 376 g/mol. The molecule has 6 nitrogen and oxygen atoms in total. The van der Waals surface area contributed by atoms with Gasteiger partial charge >= 0.3 is 0 Å². The standard InChI is InChI=1S/C17H17BrN2O4/c1-23-16-8-12(10-21)6-7-15(16)24-11-17(22)20-19-9-13-4-2-3-5-14(13)18/h2-9,21H,10-11H2,1H3,(H,20,22). The van der Waals surface area contributed by atoms with Crippen molar-refractivity contribution in [1.82, 2.24) is 5.43 Å². The lowest BCUT2D eigenvalue weighted by atomic mass is 10.2. The summed E-state index contributed by atoms with van der Waals surface area (Å²) >= 11 is 3.39. The van der Waals surface area contributed by atoms with Gasteiger partial charge in [-0.15, -0.1) is 0 Å². The van der Waals surface area contributed by atoms with E-state index in [9.17, 15) is 4.79 Å². The minimum absolute atomic E-state index is 0.0963. The molecule has 0 aliphatic carbocycles. The Morgan fingerprint density at radius 3 is 2.79 bits per heavy atom. The molecule has 2 aromatic rings. The molecule has 24 heavy (non-hydrogen) atoms. The summed E-state index contributed by atoms with van der Waals surface area (Å²) in [5.41, 5.74) is 3.94. The van der Waals surface area contributed by atoms with E-state index in [0.717, 1.165) is 10.0 Å². The van der Waals surface area contributed by atoms with E-state index >= 15 is 0 Å². The van der Waals surface area contributed by atoms with Crippen LogP contribution in [0.5, 0.6) is 11.5 Å². The van der Waals surface area contributed by atoms with Crippen LogP contribution >= 0.6 is 15.9 Å². The van der Waals surface area contributed by atoms with Crippen LogP contribution in [0.4, 0.5) is 0 Å². The molecule has 0 saturated heterocycles. The molecule has 0 aromatic heterocycles. The number of carbonyl (C=O) groups is 1. The maximum Gasteiger partial charge on any atom is 0.277 e. The summed E-state index contributed by atoms with van der Waals surface area (Å²) in [6, 6.07) is 12.5. The third-order valence-electron chi connectivity index (χ3n) is 3.07. The molecule has 0 heterocycles. The highest BCUT2D eigenvalue weighted by atomic mass is 79.9. The van der Waals surface area contributed by atoms with Gasteiger partial charge in [-0.1, -0.05) is 40.2 Å². The minimum atomic E-state index is -0.397. The van der Waals surface area contributed by atoms with Crippen LogP contribution in [0.15, 0.2) is 52.0 Å². The number of hydrogen-bond donors (Lipinski definition) is 2. The molecule has 1 amide bonds. The fourth-order valence-electron chi connectivity index (χ4n) is 1.86. The highest BCUT2D eigenvalue weighted by Gasteiger charge is 2.08. The van der Waals surface area contributed by atoms with Gasteiger partial charge in [0.25, 0.3) is 5.91 Å². The molecule has 2 aromatic carbocycles. The summed E-state index contributed by atoms with van der Waals surface area (Å²) < 4.78 is 11.5. The molecule has 0 spiro atoms. The van der Waals surface area contributed by atoms with E-state index in [-0.39, 0.29) is 13.2 Å². The first-order chi connectivity index (χ1) is 11.6. The first-order valence-electron chi connectivity index (χ1n) is 7.11. The zero-order valence-corrected chi connectivity index (χ0v) is 14.6. The summed E-state index contributed by atoms with van der Waals surface area (Å²) in [6.45, 7) is -0.303. The number of amides is 1. The van der Waals surface area contributed by atoms with Crippen molar-refractivity contribution in [2.24, 2.45) is 5.10 Å². The number of benzene rings is 2. The van der Waals surface area contributed by atoms with Gasteiger partial charge in [-0.05, 0) is 23.8 Å². The van der Waals surface area contributed by atoms with E-state index in [1.807, 2.05) is 24.3 Å².